The molecule has 9 nitrogen and oxygen atoms in total. The van der Waals surface area contributed by atoms with Crippen molar-refractivity contribution in [3.05, 3.63) is 83.7 Å². The zero-order valence-electron chi connectivity index (χ0n) is 19.7. The molecule has 2 atom stereocenters. The molecule has 0 bridgehead atoms. The zero-order valence-corrected chi connectivity index (χ0v) is 19.7. The number of anilines is 2. The molecule has 2 heterocycles. The summed E-state index contributed by atoms with van der Waals surface area (Å²) in [5, 5.41) is 7.61. The fraction of sp³-hybridized carbons (Fsp3) is 0.231. The highest BCUT2D eigenvalue weighted by molar-refractivity contribution is 6.09. The van der Waals surface area contributed by atoms with E-state index < -0.39 is 35.8 Å². The molecule has 0 spiro atoms. The van der Waals surface area contributed by atoms with Gasteiger partial charge in [-0.15, -0.1) is 0 Å². The average molecular weight is 474 g/mol. The van der Waals surface area contributed by atoms with Gasteiger partial charge < -0.3 is 15.2 Å². The maximum Gasteiger partial charge on any atom is 0.322 e. The Morgan fingerprint density at radius 1 is 1.00 bits per heavy atom. The second-order valence-corrected chi connectivity index (χ2v) is 8.52. The first-order valence-electron chi connectivity index (χ1n) is 11.2. The smallest absolute Gasteiger partial charge is 0.322 e. The van der Waals surface area contributed by atoms with Crippen LogP contribution in [-0.2, 0) is 21.4 Å². The molecule has 4 rings (SSSR count). The van der Waals surface area contributed by atoms with Gasteiger partial charge in [0.2, 0.25) is 5.91 Å². The standard InChI is InChI=1S/C26H27N5O4/c1-16-9-7-10-17(2)22(16)28-25(34)23(20-13-8-14-30(20)3)31(18-11-5-4-6-12-18)21(32)15-19-24(33)29-26(35)27-19/h4-14,19,23H,15H2,1-3H3,(H,28,34)(H2,27,29,33,35). The summed E-state index contributed by atoms with van der Waals surface area (Å²) in [5.74, 6) is -1.46. The number of carbonyl (C=O) groups excluding carboxylic acids is 4. The van der Waals surface area contributed by atoms with Crippen molar-refractivity contribution in [1.29, 1.82) is 0 Å². The second kappa shape index (κ2) is 9.84. The zero-order chi connectivity index (χ0) is 25.1. The van der Waals surface area contributed by atoms with Gasteiger partial charge in [-0.25, -0.2) is 4.79 Å². The van der Waals surface area contributed by atoms with E-state index in [1.165, 1.54) is 4.90 Å². The highest BCUT2D eigenvalue weighted by atomic mass is 16.2. The average Bonchev–Trinajstić information content (AvgIpc) is 3.38. The van der Waals surface area contributed by atoms with Crippen LogP contribution < -0.4 is 20.9 Å². The van der Waals surface area contributed by atoms with E-state index >= 15 is 0 Å². The van der Waals surface area contributed by atoms with Crippen LogP contribution in [0.3, 0.4) is 0 Å². The molecule has 1 fully saturated rings. The van der Waals surface area contributed by atoms with Crippen molar-refractivity contribution in [3.8, 4) is 0 Å². The second-order valence-electron chi connectivity index (χ2n) is 8.52. The Labute approximate surface area is 203 Å². The predicted molar refractivity (Wildman–Crippen MR) is 132 cm³/mol. The maximum atomic E-state index is 13.9. The summed E-state index contributed by atoms with van der Waals surface area (Å²) in [4.78, 5) is 52.7. The van der Waals surface area contributed by atoms with Crippen molar-refractivity contribution < 1.29 is 19.2 Å². The van der Waals surface area contributed by atoms with Crippen LogP contribution >= 0.6 is 0 Å². The molecule has 1 saturated heterocycles. The molecule has 1 aromatic heterocycles. The molecule has 2 unspecified atom stereocenters. The van der Waals surface area contributed by atoms with Crippen LogP contribution in [0.15, 0.2) is 66.9 Å². The number of benzene rings is 2. The van der Waals surface area contributed by atoms with Crippen LogP contribution in [0.25, 0.3) is 0 Å². The van der Waals surface area contributed by atoms with E-state index in [9.17, 15) is 19.2 Å². The lowest BCUT2D eigenvalue weighted by atomic mass is 10.0. The number of imide groups is 1. The first-order valence-corrected chi connectivity index (χ1v) is 11.2. The van der Waals surface area contributed by atoms with Gasteiger partial charge in [-0.2, -0.15) is 0 Å². The van der Waals surface area contributed by atoms with Crippen molar-refractivity contribution in [1.82, 2.24) is 15.2 Å². The molecule has 1 aliphatic heterocycles. The Morgan fingerprint density at radius 3 is 2.26 bits per heavy atom. The minimum atomic E-state index is -1.04. The molecule has 5 amide bonds. The molecular weight excluding hydrogens is 446 g/mol. The number of aryl methyl sites for hydroxylation is 3. The van der Waals surface area contributed by atoms with Crippen LogP contribution in [-0.4, -0.2) is 34.4 Å². The van der Waals surface area contributed by atoms with Crippen molar-refractivity contribution in [2.24, 2.45) is 7.05 Å². The van der Waals surface area contributed by atoms with Gasteiger partial charge in [-0.1, -0.05) is 36.4 Å². The SMILES string of the molecule is Cc1cccc(C)c1NC(=O)C(c1cccn1C)N(C(=O)CC1NC(=O)NC1=O)c1ccccc1. The lowest BCUT2D eigenvalue weighted by molar-refractivity contribution is -0.126. The third-order valence-corrected chi connectivity index (χ3v) is 6.04. The fourth-order valence-electron chi connectivity index (χ4n) is 4.25. The van der Waals surface area contributed by atoms with Gasteiger partial charge in [0.1, 0.15) is 6.04 Å². The molecule has 1 aliphatic rings. The molecule has 0 radical (unpaired) electrons. The molecule has 3 aromatic rings. The van der Waals surface area contributed by atoms with E-state index in [2.05, 4.69) is 16.0 Å². The topological polar surface area (TPSA) is 113 Å². The van der Waals surface area contributed by atoms with E-state index in [0.29, 0.717) is 17.1 Å². The number of aromatic nitrogens is 1. The van der Waals surface area contributed by atoms with E-state index in [1.54, 1.807) is 54.2 Å². The van der Waals surface area contributed by atoms with Gasteiger partial charge in [-0.3, -0.25) is 24.6 Å². The number of carbonyl (C=O) groups is 4. The molecular formula is C26H27N5O4. The molecule has 180 valence electrons. The Hall–Kier alpha value is -4.40. The summed E-state index contributed by atoms with van der Waals surface area (Å²) < 4.78 is 1.78. The Morgan fingerprint density at radius 2 is 1.69 bits per heavy atom. The minimum absolute atomic E-state index is 0.302. The first kappa shape index (κ1) is 23.7. The minimum Gasteiger partial charge on any atom is -0.352 e. The van der Waals surface area contributed by atoms with Crippen molar-refractivity contribution in [2.45, 2.75) is 32.4 Å². The summed E-state index contributed by atoms with van der Waals surface area (Å²) >= 11 is 0. The first-order chi connectivity index (χ1) is 16.8. The number of para-hydroxylation sites is 2. The highest BCUT2D eigenvalue weighted by Crippen LogP contribution is 2.31. The quantitative estimate of drug-likeness (QED) is 0.458. The highest BCUT2D eigenvalue weighted by Gasteiger charge is 2.38. The molecule has 0 aliphatic carbocycles. The van der Waals surface area contributed by atoms with Gasteiger partial charge in [0.05, 0.1) is 12.1 Å². The number of amides is 5. The largest absolute Gasteiger partial charge is 0.352 e. The number of rotatable bonds is 7. The summed E-state index contributed by atoms with van der Waals surface area (Å²) in [5.41, 5.74) is 3.55. The Bertz CT molecular complexity index is 1260. The van der Waals surface area contributed by atoms with E-state index in [4.69, 9.17) is 0 Å². The van der Waals surface area contributed by atoms with E-state index in [1.807, 2.05) is 38.1 Å². The van der Waals surface area contributed by atoms with Crippen molar-refractivity contribution in [3.63, 3.8) is 0 Å². The normalized spacial score (nSPS) is 15.8. The van der Waals surface area contributed by atoms with Gasteiger partial charge in [0.15, 0.2) is 6.04 Å². The van der Waals surface area contributed by atoms with E-state index in [-0.39, 0.29) is 6.42 Å². The molecule has 9 heteroatoms. The van der Waals surface area contributed by atoms with Crippen LogP contribution in [0.1, 0.15) is 29.3 Å². The lowest BCUT2D eigenvalue weighted by Gasteiger charge is -2.32. The van der Waals surface area contributed by atoms with Crippen LogP contribution in [0, 0.1) is 13.8 Å². The van der Waals surface area contributed by atoms with Gasteiger partial charge in [0, 0.05) is 24.6 Å². The number of nitrogens with one attached hydrogen (secondary N) is 3. The summed E-state index contributed by atoms with van der Waals surface area (Å²) in [6.07, 6.45) is 1.50. The van der Waals surface area contributed by atoms with Crippen LogP contribution in [0.2, 0.25) is 0 Å². The third kappa shape index (κ3) is 4.93. The number of nitrogens with zero attached hydrogens (tertiary/aromatic N) is 2. The maximum absolute atomic E-state index is 13.9. The molecule has 2 aromatic carbocycles. The monoisotopic (exact) mass is 473 g/mol. The van der Waals surface area contributed by atoms with Crippen LogP contribution in [0.5, 0.6) is 0 Å². The molecule has 3 N–H and O–H groups in total. The lowest BCUT2D eigenvalue weighted by Crippen LogP contribution is -2.45. The summed E-state index contributed by atoms with van der Waals surface area (Å²) in [7, 11) is 1.80. The van der Waals surface area contributed by atoms with Crippen LogP contribution in [0.4, 0.5) is 16.2 Å². The van der Waals surface area contributed by atoms with Gasteiger partial charge in [-0.05, 0) is 49.2 Å². The van der Waals surface area contributed by atoms with Crippen molar-refractivity contribution >= 4 is 35.1 Å². The van der Waals surface area contributed by atoms with Crippen molar-refractivity contribution in [2.75, 3.05) is 10.2 Å². The third-order valence-electron chi connectivity index (χ3n) is 6.04. The Balaban J connectivity index is 1.77. The fourth-order valence-corrected chi connectivity index (χ4v) is 4.25. The predicted octanol–water partition coefficient (Wildman–Crippen LogP) is 2.95. The van der Waals surface area contributed by atoms with E-state index in [0.717, 1.165) is 11.1 Å². The Kier molecular flexibility index (Phi) is 6.68. The molecule has 35 heavy (non-hydrogen) atoms. The summed E-state index contributed by atoms with van der Waals surface area (Å²) in [6, 6.07) is 15.4. The summed E-state index contributed by atoms with van der Waals surface area (Å²) in [6.45, 7) is 3.81. The number of hydrogen-bond acceptors (Lipinski definition) is 4. The number of urea groups is 1. The van der Waals surface area contributed by atoms with Gasteiger partial charge >= 0.3 is 6.03 Å². The number of hydrogen-bond donors (Lipinski definition) is 3. The molecule has 0 saturated carbocycles. The van der Waals surface area contributed by atoms with Gasteiger partial charge in [0.25, 0.3) is 11.8 Å².